The van der Waals surface area contributed by atoms with Crippen LogP contribution in [0.15, 0.2) is 36.4 Å². The predicted molar refractivity (Wildman–Crippen MR) is 103 cm³/mol. The standard InChI is InChI=1S/C20H22FN5O3/c1-19(2,3)14-9-10-15(25-24-14)22-16(27)11-26-17(28)20(4,23-18(26)29)12-5-7-13(21)8-6-12/h5-10H,11H2,1-4H3,(H,23,29)(H,22,25,27). The monoisotopic (exact) mass is 399 g/mol. The SMILES string of the molecule is CC(C)(C)c1ccc(NC(=O)CN2C(=O)NC(C)(c3ccc(F)cc3)C2=O)nn1. The smallest absolute Gasteiger partial charge is 0.319 e. The first-order valence-corrected chi connectivity index (χ1v) is 9.05. The first kappa shape index (κ1) is 20.4. The quantitative estimate of drug-likeness (QED) is 0.768. The van der Waals surface area contributed by atoms with Crippen molar-refractivity contribution in [3.8, 4) is 0 Å². The van der Waals surface area contributed by atoms with Gasteiger partial charge in [0.15, 0.2) is 5.82 Å². The molecule has 0 bridgehead atoms. The Balaban J connectivity index is 1.69. The van der Waals surface area contributed by atoms with Crippen molar-refractivity contribution in [1.82, 2.24) is 20.4 Å². The number of anilines is 1. The summed E-state index contributed by atoms with van der Waals surface area (Å²) < 4.78 is 13.2. The molecule has 2 aromatic rings. The Labute approximate surface area is 167 Å². The van der Waals surface area contributed by atoms with Crippen molar-refractivity contribution >= 4 is 23.7 Å². The normalized spacial score (nSPS) is 19.3. The molecule has 152 valence electrons. The Hall–Kier alpha value is -3.36. The Bertz CT molecular complexity index is 954. The number of carbonyl (C=O) groups is 3. The highest BCUT2D eigenvalue weighted by Gasteiger charge is 2.49. The molecule has 1 aromatic heterocycles. The molecule has 1 aliphatic heterocycles. The number of benzene rings is 1. The Morgan fingerprint density at radius 1 is 1.14 bits per heavy atom. The van der Waals surface area contributed by atoms with Crippen molar-refractivity contribution in [3.63, 3.8) is 0 Å². The molecule has 3 rings (SSSR count). The summed E-state index contributed by atoms with van der Waals surface area (Å²) in [5.41, 5.74) is -0.372. The highest BCUT2D eigenvalue weighted by atomic mass is 19.1. The maximum atomic E-state index is 13.2. The predicted octanol–water partition coefficient (Wildman–Crippen LogP) is 2.32. The molecule has 1 aromatic carbocycles. The van der Waals surface area contributed by atoms with Crippen LogP contribution in [0.3, 0.4) is 0 Å². The molecule has 2 heterocycles. The van der Waals surface area contributed by atoms with Gasteiger partial charge in [-0.2, -0.15) is 5.10 Å². The number of amides is 4. The maximum absolute atomic E-state index is 13.2. The topological polar surface area (TPSA) is 104 Å². The van der Waals surface area contributed by atoms with Gasteiger partial charge in [-0.1, -0.05) is 32.9 Å². The van der Waals surface area contributed by atoms with Crippen molar-refractivity contribution in [2.24, 2.45) is 0 Å². The lowest BCUT2D eigenvalue weighted by Crippen LogP contribution is -2.42. The zero-order valence-electron chi connectivity index (χ0n) is 16.6. The summed E-state index contributed by atoms with van der Waals surface area (Å²) in [6.07, 6.45) is 0. The summed E-state index contributed by atoms with van der Waals surface area (Å²) in [5, 5.41) is 13.1. The molecule has 4 amide bonds. The molecule has 1 saturated heterocycles. The van der Waals surface area contributed by atoms with Gasteiger partial charge in [0, 0.05) is 5.41 Å². The van der Waals surface area contributed by atoms with Gasteiger partial charge in [0.25, 0.3) is 5.91 Å². The fourth-order valence-corrected chi connectivity index (χ4v) is 2.94. The highest BCUT2D eigenvalue weighted by Crippen LogP contribution is 2.29. The van der Waals surface area contributed by atoms with Crippen LogP contribution in [0.5, 0.6) is 0 Å². The van der Waals surface area contributed by atoms with E-state index >= 15 is 0 Å². The molecular formula is C20H22FN5O3. The number of imide groups is 1. The van der Waals surface area contributed by atoms with E-state index in [4.69, 9.17) is 0 Å². The minimum atomic E-state index is -1.38. The minimum Gasteiger partial charge on any atom is -0.319 e. The molecule has 8 nitrogen and oxygen atoms in total. The molecule has 0 aliphatic carbocycles. The third kappa shape index (κ3) is 4.08. The number of hydrogen-bond acceptors (Lipinski definition) is 5. The Morgan fingerprint density at radius 2 is 1.79 bits per heavy atom. The van der Waals surface area contributed by atoms with Crippen molar-refractivity contribution in [3.05, 3.63) is 53.5 Å². The number of aromatic nitrogens is 2. The lowest BCUT2D eigenvalue weighted by molar-refractivity contribution is -0.133. The molecule has 0 spiro atoms. The van der Waals surface area contributed by atoms with E-state index in [1.165, 1.54) is 31.2 Å². The molecule has 9 heteroatoms. The van der Waals surface area contributed by atoms with Crippen LogP contribution < -0.4 is 10.6 Å². The molecular weight excluding hydrogens is 377 g/mol. The third-order valence-electron chi connectivity index (χ3n) is 4.70. The van der Waals surface area contributed by atoms with E-state index in [-0.39, 0.29) is 11.2 Å². The number of hydrogen-bond donors (Lipinski definition) is 2. The van der Waals surface area contributed by atoms with E-state index in [9.17, 15) is 18.8 Å². The summed E-state index contributed by atoms with van der Waals surface area (Å²) >= 11 is 0. The van der Waals surface area contributed by atoms with Crippen molar-refractivity contribution < 1.29 is 18.8 Å². The average molecular weight is 399 g/mol. The molecule has 1 atom stereocenters. The largest absolute Gasteiger partial charge is 0.325 e. The van der Waals surface area contributed by atoms with Gasteiger partial charge in [0.05, 0.1) is 5.69 Å². The number of halogens is 1. The second kappa shape index (κ2) is 7.23. The Kier molecular flexibility index (Phi) is 5.08. The first-order valence-electron chi connectivity index (χ1n) is 9.05. The van der Waals surface area contributed by atoms with Crippen molar-refractivity contribution in [1.29, 1.82) is 0 Å². The Morgan fingerprint density at radius 3 is 2.34 bits per heavy atom. The molecule has 2 N–H and O–H groups in total. The van der Waals surface area contributed by atoms with Crippen LogP contribution in [0.1, 0.15) is 39.0 Å². The van der Waals surface area contributed by atoms with E-state index in [1.807, 2.05) is 20.8 Å². The van der Waals surface area contributed by atoms with E-state index in [0.29, 0.717) is 5.56 Å². The lowest BCUT2D eigenvalue weighted by atomic mass is 9.92. The first-order chi connectivity index (χ1) is 13.5. The summed E-state index contributed by atoms with van der Waals surface area (Å²) in [6, 6.07) is 7.91. The summed E-state index contributed by atoms with van der Waals surface area (Å²) in [6.45, 7) is 7.00. The highest BCUT2D eigenvalue weighted by molar-refractivity contribution is 6.10. The number of rotatable bonds is 4. The number of nitrogens with one attached hydrogen (secondary N) is 2. The van der Waals surface area contributed by atoms with Crippen LogP contribution >= 0.6 is 0 Å². The summed E-state index contributed by atoms with van der Waals surface area (Å²) in [4.78, 5) is 38.2. The van der Waals surface area contributed by atoms with Gasteiger partial charge in [-0.3, -0.25) is 14.5 Å². The minimum absolute atomic E-state index is 0.180. The fraction of sp³-hybridized carbons (Fsp3) is 0.350. The zero-order chi connectivity index (χ0) is 21.4. The molecule has 0 saturated carbocycles. The molecule has 1 aliphatic rings. The van der Waals surface area contributed by atoms with Crippen LogP contribution in [0.4, 0.5) is 15.0 Å². The fourth-order valence-electron chi connectivity index (χ4n) is 2.94. The molecule has 29 heavy (non-hydrogen) atoms. The van der Waals surface area contributed by atoms with E-state index < -0.39 is 35.7 Å². The van der Waals surface area contributed by atoms with Crippen molar-refractivity contribution in [2.75, 3.05) is 11.9 Å². The lowest BCUT2D eigenvalue weighted by Gasteiger charge is -2.22. The number of carbonyl (C=O) groups excluding carboxylic acids is 3. The number of urea groups is 1. The van der Waals surface area contributed by atoms with Gasteiger partial charge in [-0.15, -0.1) is 5.10 Å². The second-order valence-electron chi connectivity index (χ2n) is 8.06. The van der Waals surface area contributed by atoms with Gasteiger partial charge < -0.3 is 10.6 Å². The second-order valence-corrected chi connectivity index (χ2v) is 8.06. The van der Waals surface area contributed by atoms with Crippen LogP contribution in [-0.4, -0.2) is 39.5 Å². The van der Waals surface area contributed by atoms with Gasteiger partial charge >= 0.3 is 6.03 Å². The molecule has 0 radical (unpaired) electrons. The average Bonchev–Trinajstić information content (AvgIpc) is 2.86. The van der Waals surface area contributed by atoms with Crippen LogP contribution in [-0.2, 0) is 20.5 Å². The third-order valence-corrected chi connectivity index (χ3v) is 4.70. The summed E-state index contributed by atoms with van der Waals surface area (Å²) in [7, 11) is 0. The van der Waals surface area contributed by atoms with Crippen molar-refractivity contribution in [2.45, 2.75) is 38.6 Å². The van der Waals surface area contributed by atoms with Gasteiger partial charge in [0.2, 0.25) is 5.91 Å². The van der Waals surface area contributed by atoms with E-state index in [1.54, 1.807) is 12.1 Å². The van der Waals surface area contributed by atoms with Gasteiger partial charge in [-0.05, 0) is 36.8 Å². The van der Waals surface area contributed by atoms with Gasteiger partial charge in [0.1, 0.15) is 17.9 Å². The summed E-state index contributed by atoms with van der Waals surface area (Å²) in [5.74, 6) is -1.42. The van der Waals surface area contributed by atoms with E-state index in [2.05, 4.69) is 20.8 Å². The van der Waals surface area contributed by atoms with Crippen LogP contribution in [0, 0.1) is 5.82 Å². The molecule has 1 unspecified atom stereocenters. The van der Waals surface area contributed by atoms with Gasteiger partial charge in [-0.25, -0.2) is 9.18 Å². The molecule has 1 fully saturated rings. The zero-order valence-corrected chi connectivity index (χ0v) is 16.6. The number of nitrogens with zero attached hydrogens (tertiary/aromatic N) is 3. The van der Waals surface area contributed by atoms with Crippen LogP contribution in [0.2, 0.25) is 0 Å². The van der Waals surface area contributed by atoms with Crippen LogP contribution in [0.25, 0.3) is 0 Å². The van der Waals surface area contributed by atoms with E-state index in [0.717, 1.165) is 10.6 Å². The maximum Gasteiger partial charge on any atom is 0.325 e.